The van der Waals surface area contributed by atoms with Gasteiger partial charge in [-0.05, 0) is 24.3 Å². The second-order valence-electron chi connectivity index (χ2n) is 3.90. The summed E-state index contributed by atoms with van der Waals surface area (Å²) < 4.78 is 40.9. The van der Waals surface area contributed by atoms with Crippen LogP contribution in [0, 0.1) is 5.82 Å². The van der Waals surface area contributed by atoms with Gasteiger partial charge in [0.05, 0.1) is 15.1 Å². The number of halogens is 5. The molecule has 2 rings (SSSR count). The minimum Gasteiger partial charge on any atom is -0.275 e. The Balaban J connectivity index is 2.54. The van der Waals surface area contributed by atoms with Crippen molar-refractivity contribution in [2.75, 3.05) is 4.72 Å². The van der Waals surface area contributed by atoms with Crippen molar-refractivity contribution in [3.63, 3.8) is 0 Å². The highest BCUT2D eigenvalue weighted by atomic mass is 79.9. The quantitative estimate of drug-likeness (QED) is 0.709. The molecule has 112 valence electrons. The highest BCUT2D eigenvalue weighted by molar-refractivity contribution is 9.10. The fourth-order valence-electron chi connectivity index (χ4n) is 1.57. The Morgan fingerprint density at radius 3 is 2.14 bits per heavy atom. The summed E-state index contributed by atoms with van der Waals surface area (Å²) in [5.74, 6) is -0.810. The summed E-state index contributed by atoms with van der Waals surface area (Å²) in [5.41, 5.74) is -0.366. The van der Waals surface area contributed by atoms with E-state index in [1.807, 2.05) is 0 Å². The molecule has 0 unspecified atom stereocenters. The van der Waals surface area contributed by atoms with E-state index in [1.165, 1.54) is 24.3 Å². The molecule has 0 saturated heterocycles. The van der Waals surface area contributed by atoms with Crippen molar-refractivity contribution in [2.45, 2.75) is 4.90 Å². The van der Waals surface area contributed by atoms with E-state index in [2.05, 4.69) is 20.7 Å². The molecule has 9 heteroatoms. The third kappa shape index (κ3) is 3.63. The normalized spacial score (nSPS) is 11.5. The first-order valence-corrected chi connectivity index (χ1v) is 8.75. The summed E-state index contributed by atoms with van der Waals surface area (Å²) in [7, 11) is -4.20. The van der Waals surface area contributed by atoms with Crippen LogP contribution in [0.3, 0.4) is 0 Å². The first-order valence-electron chi connectivity index (χ1n) is 5.34. The topological polar surface area (TPSA) is 46.2 Å². The fraction of sp³-hybridized carbons (Fsp3) is 0. The molecule has 21 heavy (non-hydrogen) atoms. The van der Waals surface area contributed by atoms with Crippen LogP contribution in [-0.4, -0.2) is 8.42 Å². The van der Waals surface area contributed by atoms with Gasteiger partial charge in [0.15, 0.2) is 0 Å². The summed E-state index contributed by atoms with van der Waals surface area (Å²) >= 11 is 20.7. The average Bonchev–Trinajstić information content (AvgIpc) is 2.32. The van der Waals surface area contributed by atoms with Crippen molar-refractivity contribution in [3.05, 3.63) is 55.7 Å². The Morgan fingerprint density at radius 2 is 1.62 bits per heavy atom. The molecule has 0 amide bonds. The van der Waals surface area contributed by atoms with E-state index in [0.717, 1.165) is 6.07 Å². The van der Waals surface area contributed by atoms with Crippen molar-refractivity contribution >= 4 is 66.4 Å². The molecular weight excluding hydrogens is 427 g/mol. The van der Waals surface area contributed by atoms with E-state index >= 15 is 0 Å². The van der Waals surface area contributed by atoms with Gasteiger partial charge in [0, 0.05) is 4.47 Å². The second kappa shape index (κ2) is 6.30. The largest absolute Gasteiger partial charge is 0.275 e. The van der Waals surface area contributed by atoms with Crippen LogP contribution >= 0.6 is 50.7 Å². The molecule has 0 spiro atoms. The van der Waals surface area contributed by atoms with Crippen molar-refractivity contribution in [2.24, 2.45) is 0 Å². The highest BCUT2D eigenvalue weighted by Gasteiger charge is 2.24. The minimum atomic E-state index is -4.20. The molecule has 3 nitrogen and oxygen atoms in total. The lowest BCUT2D eigenvalue weighted by atomic mass is 10.3. The molecule has 0 saturated carbocycles. The Kier molecular flexibility index (Phi) is 5.05. The van der Waals surface area contributed by atoms with Crippen LogP contribution in [0.4, 0.5) is 10.1 Å². The molecule has 0 heterocycles. The van der Waals surface area contributed by atoms with E-state index < -0.39 is 15.8 Å². The number of benzene rings is 2. The summed E-state index contributed by atoms with van der Waals surface area (Å²) in [6.45, 7) is 0. The van der Waals surface area contributed by atoms with Crippen LogP contribution in [0.15, 0.2) is 39.7 Å². The van der Waals surface area contributed by atoms with Gasteiger partial charge in [-0.25, -0.2) is 12.8 Å². The predicted octanol–water partition coefficient (Wildman–Crippen LogP) is 5.35. The average molecular weight is 434 g/mol. The molecule has 0 fully saturated rings. The first kappa shape index (κ1) is 16.8. The Hall–Kier alpha value is -0.530. The molecule has 0 aliphatic rings. The van der Waals surface area contributed by atoms with Crippen LogP contribution in [0.25, 0.3) is 0 Å². The number of hydrogen-bond donors (Lipinski definition) is 1. The molecule has 0 aliphatic heterocycles. The van der Waals surface area contributed by atoms with Crippen molar-refractivity contribution in [1.29, 1.82) is 0 Å². The predicted molar refractivity (Wildman–Crippen MR) is 86.4 cm³/mol. The number of anilines is 1. The van der Waals surface area contributed by atoms with Crippen molar-refractivity contribution < 1.29 is 12.8 Å². The summed E-state index contributed by atoms with van der Waals surface area (Å²) in [6, 6.07) is 6.52. The number of sulfonamides is 1. The van der Waals surface area contributed by atoms with E-state index in [1.54, 1.807) is 0 Å². The van der Waals surface area contributed by atoms with Gasteiger partial charge in [-0.3, -0.25) is 4.72 Å². The zero-order valence-electron chi connectivity index (χ0n) is 10.0. The van der Waals surface area contributed by atoms with Gasteiger partial charge in [0.2, 0.25) is 0 Å². The molecule has 0 atom stereocenters. The lowest BCUT2D eigenvalue weighted by Gasteiger charge is -2.13. The highest BCUT2D eigenvalue weighted by Crippen LogP contribution is 2.35. The number of nitrogens with one attached hydrogen (secondary N) is 1. The van der Waals surface area contributed by atoms with Crippen molar-refractivity contribution in [1.82, 2.24) is 0 Å². The molecular formula is C12H6BrCl3FNO2S. The maximum Gasteiger partial charge on any atom is 0.265 e. The number of hydrogen-bond acceptors (Lipinski definition) is 2. The van der Waals surface area contributed by atoms with E-state index in [0.29, 0.717) is 4.47 Å². The summed E-state index contributed by atoms with van der Waals surface area (Å²) in [5, 5.41) is -0.286. The molecule has 2 aromatic carbocycles. The summed E-state index contributed by atoms with van der Waals surface area (Å²) in [6.07, 6.45) is 0. The molecule has 0 aromatic heterocycles. The lowest BCUT2D eigenvalue weighted by Crippen LogP contribution is -2.15. The second-order valence-corrected chi connectivity index (χ2v) is 7.66. The van der Waals surface area contributed by atoms with Crippen LogP contribution in [0.2, 0.25) is 15.1 Å². The maximum atomic E-state index is 13.7. The maximum absolute atomic E-state index is 13.7. The van der Waals surface area contributed by atoms with Crippen LogP contribution in [0.1, 0.15) is 0 Å². The lowest BCUT2D eigenvalue weighted by molar-refractivity contribution is 0.598. The van der Waals surface area contributed by atoms with Crippen LogP contribution in [0.5, 0.6) is 0 Å². The van der Waals surface area contributed by atoms with Gasteiger partial charge in [0.1, 0.15) is 16.4 Å². The third-order valence-electron chi connectivity index (χ3n) is 2.43. The minimum absolute atomic E-state index is 0.0806. The SMILES string of the molecule is O=S(=O)(Nc1c(F)cccc1Cl)c1c(Cl)cc(Br)cc1Cl. The van der Waals surface area contributed by atoms with Crippen molar-refractivity contribution in [3.8, 4) is 0 Å². The molecule has 0 radical (unpaired) electrons. The molecule has 2 aromatic rings. The van der Waals surface area contributed by atoms with Gasteiger partial charge >= 0.3 is 0 Å². The molecule has 0 aliphatic carbocycles. The molecule has 0 bridgehead atoms. The summed E-state index contributed by atoms with van der Waals surface area (Å²) in [4.78, 5) is -0.353. The monoisotopic (exact) mass is 431 g/mol. The fourth-order valence-corrected chi connectivity index (χ4v) is 4.86. The standard InChI is InChI=1S/C12H6BrCl3FNO2S/c13-6-4-8(15)12(9(16)5-6)21(19,20)18-11-7(14)2-1-3-10(11)17/h1-5,18H. The smallest absolute Gasteiger partial charge is 0.265 e. The van der Waals surface area contributed by atoms with Gasteiger partial charge in [-0.1, -0.05) is 56.8 Å². The van der Waals surface area contributed by atoms with Gasteiger partial charge in [0.25, 0.3) is 10.0 Å². The zero-order valence-corrected chi connectivity index (χ0v) is 14.7. The van der Waals surface area contributed by atoms with Crippen LogP contribution < -0.4 is 4.72 Å². The number of rotatable bonds is 3. The van der Waals surface area contributed by atoms with E-state index in [-0.39, 0.29) is 25.7 Å². The Morgan fingerprint density at radius 1 is 1.05 bits per heavy atom. The van der Waals surface area contributed by atoms with Gasteiger partial charge in [-0.2, -0.15) is 0 Å². The van der Waals surface area contributed by atoms with Crippen LogP contribution in [-0.2, 0) is 10.0 Å². The van der Waals surface area contributed by atoms with Gasteiger partial charge in [-0.15, -0.1) is 0 Å². The van der Waals surface area contributed by atoms with Gasteiger partial charge < -0.3 is 0 Å². The molecule has 1 N–H and O–H groups in total. The zero-order chi connectivity index (χ0) is 15.8. The first-order chi connectivity index (χ1) is 9.72. The Bertz CT molecular complexity index is 771. The number of para-hydroxylation sites is 1. The Labute approximate surface area is 144 Å². The van der Waals surface area contributed by atoms with E-state index in [4.69, 9.17) is 34.8 Å². The third-order valence-corrected chi connectivity index (χ3v) is 5.47. The van der Waals surface area contributed by atoms with E-state index in [9.17, 15) is 12.8 Å².